The number of nitrogens with zero attached hydrogens (tertiary/aromatic N) is 4. The molecule has 0 atom stereocenters. The van der Waals surface area contributed by atoms with Crippen LogP contribution in [0.15, 0.2) is 58.5 Å². The van der Waals surface area contributed by atoms with E-state index in [4.69, 9.17) is 0 Å². The van der Waals surface area contributed by atoms with Crippen LogP contribution in [-0.4, -0.2) is 77.4 Å². The molecule has 2 heterocycles. The van der Waals surface area contributed by atoms with Crippen molar-refractivity contribution in [3.63, 3.8) is 0 Å². The average Bonchev–Trinajstić information content (AvgIpc) is 2.85. The SMILES string of the molecule is CC1(C)CC(N=Cc2ccccc2O)CC(C)(C)N1O.CC1(C)CC(N=Cc2ccccc2O)CC(C)(C)N1O.[Ni]. The van der Waals surface area contributed by atoms with E-state index < -0.39 is 0 Å². The minimum Gasteiger partial charge on any atom is -0.507 e. The summed E-state index contributed by atoms with van der Waals surface area (Å²) < 4.78 is 0. The van der Waals surface area contributed by atoms with Crippen molar-refractivity contribution in [1.29, 1.82) is 0 Å². The molecule has 2 aromatic rings. The molecule has 2 saturated heterocycles. The average molecular weight is 611 g/mol. The third kappa shape index (κ3) is 8.85. The Bertz CT molecular complexity index is 1080. The van der Waals surface area contributed by atoms with Crippen LogP contribution in [0.5, 0.6) is 11.5 Å². The Morgan fingerprint density at radius 1 is 0.585 bits per heavy atom. The molecule has 0 saturated carbocycles. The first-order valence-corrected chi connectivity index (χ1v) is 14.1. The number of rotatable bonds is 4. The molecule has 2 aliphatic rings. The van der Waals surface area contributed by atoms with Crippen LogP contribution in [0.25, 0.3) is 0 Å². The van der Waals surface area contributed by atoms with Gasteiger partial charge in [0.15, 0.2) is 0 Å². The number of para-hydroxylation sites is 2. The topological polar surface area (TPSA) is 112 Å². The molecule has 2 fully saturated rings. The van der Waals surface area contributed by atoms with Crippen LogP contribution in [0, 0.1) is 0 Å². The summed E-state index contributed by atoms with van der Waals surface area (Å²) in [6.45, 7) is 16.2. The second kappa shape index (κ2) is 13.3. The quantitative estimate of drug-likeness (QED) is 0.234. The minimum absolute atomic E-state index is 0. The molecule has 2 aliphatic heterocycles. The number of phenolic OH excluding ortho intramolecular Hbond substituents is 2. The van der Waals surface area contributed by atoms with E-state index in [1.165, 1.54) is 10.1 Å². The van der Waals surface area contributed by atoms with Gasteiger partial charge in [-0.05, 0) is 105 Å². The van der Waals surface area contributed by atoms with Gasteiger partial charge in [-0.15, -0.1) is 0 Å². The fourth-order valence-electron chi connectivity index (χ4n) is 6.21. The molecule has 0 unspecified atom stereocenters. The third-order valence-electron chi connectivity index (χ3n) is 7.96. The summed E-state index contributed by atoms with van der Waals surface area (Å²) in [5.41, 5.74) is 0.250. The summed E-state index contributed by atoms with van der Waals surface area (Å²) in [5, 5.41) is 42.9. The second-order valence-electron chi connectivity index (χ2n) is 13.7. The van der Waals surface area contributed by atoms with E-state index in [1.54, 1.807) is 36.7 Å². The molecule has 4 N–H and O–H groups in total. The van der Waals surface area contributed by atoms with Gasteiger partial charge in [-0.25, -0.2) is 0 Å². The van der Waals surface area contributed by atoms with Gasteiger partial charge in [0.1, 0.15) is 11.5 Å². The van der Waals surface area contributed by atoms with Gasteiger partial charge < -0.3 is 20.6 Å². The van der Waals surface area contributed by atoms with E-state index >= 15 is 0 Å². The fraction of sp³-hybridized carbons (Fsp3) is 0.562. The van der Waals surface area contributed by atoms with E-state index in [2.05, 4.69) is 9.98 Å². The maximum Gasteiger partial charge on any atom is 0.124 e. The molecule has 41 heavy (non-hydrogen) atoms. The maximum atomic E-state index is 10.3. The van der Waals surface area contributed by atoms with E-state index in [9.17, 15) is 20.6 Å². The van der Waals surface area contributed by atoms with Gasteiger partial charge in [-0.2, -0.15) is 10.1 Å². The zero-order valence-corrected chi connectivity index (χ0v) is 26.6. The number of phenols is 2. The molecule has 0 spiro atoms. The summed E-state index contributed by atoms with van der Waals surface area (Å²) in [7, 11) is 0. The van der Waals surface area contributed by atoms with Gasteiger partial charge in [0.05, 0.1) is 12.1 Å². The van der Waals surface area contributed by atoms with Crippen molar-refractivity contribution in [3.05, 3.63) is 59.7 Å². The Kier molecular flexibility index (Phi) is 11.4. The molecule has 0 aliphatic carbocycles. The molecule has 4 rings (SSSR count). The van der Waals surface area contributed by atoms with Crippen molar-refractivity contribution in [2.24, 2.45) is 9.98 Å². The number of piperidine rings is 2. The third-order valence-corrected chi connectivity index (χ3v) is 7.96. The van der Waals surface area contributed by atoms with Crippen molar-refractivity contribution in [1.82, 2.24) is 10.1 Å². The van der Waals surface area contributed by atoms with Crippen molar-refractivity contribution in [3.8, 4) is 11.5 Å². The predicted molar refractivity (Wildman–Crippen MR) is 161 cm³/mol. The zero-order valence-electron chi connectivity index (χ0n) is 25.7. The number of hydroxylamine groups is 4. The first-order valence-electron chi connectivity index (χ1n) is 14.1. The summed E-state index contributed by atoms with van der Waals surface area (Å²) in [4.78, 5) is 9.23. The van der Waals surface area contributed by atoms with E-state index in [0.29, 0.717) is 0 Å². The Morgan fingerprint density at radius 3 is 1.12 bits per heavy atom. The van der Waals surface area contributed by atoms with Crippen LogP contribution in [0.2, 0.25) is 0 Å². The monoisotopic (exact) mass is 610 g/mol. The second-order valence-corrected chi connectivity index (χ2v) is 13.7. The summed E-state index contributed by atoms with van der Waals surface area (Å²) in [5.74, 6) is 0.490. The number of hydrogen-bond acceptors (Lipinski definition) is 8. The molecule has 8 nitrogen and oxygen atoms in total. The molecule has 0 radical (unpaired) electrons. The van der Waals surface area contributed by atoms with E-state index in [1.807, 2.05) is 79.7 Å². The zero-order chi connectivity index (χ0) is 29.9. The summed E-state index contributed by atoms with van der Waals surface area (Å²) in [6, 6.07) is 14.6. The first-order chi connectivity index (χ1) is 18.4. The Morgan fingerprint density at radius 2 is 0.854 bits per heavy atom. The Hall–Kier alpha value is -2.29. The standard InChI is InChI=1S/2C16H24N2O2.Ni/c2*1-15(2)9-13(10-16(3,4)18(15)20)17-11-12-7-5-6-8-14(12)19;/h2*5-8,11,13,19-20H,9-10H2,1-4H3;. The molecule has 0 aromatic heterocycles. The molecule has 2 aromatic carbocycles. The maximum absolute atomic E-state index is 10.3. The van der Waals surface area contributed by atoms with Crippen molar-refractivity contribution >= 4 is 12.4 Å². The number of hydrogen-bond donors (Lipinski definition) is 4. The smallest absolute Gasteiger partial charge is 0.124 e. The number of benzene rings is 2. The van der Waals surface area contributed by atoms with E-state index in [-0.39, 0.29) is 62.2 Å². The molecular weight excluding hydrogens is 563 g/mol. The summed E-state index contributed by atoms with van der Waals surface area (Å²) in [6.07, 6.45) is 6.63. The van der Waals surface area contributed by atoms with Crippen LogP contribution in [0.1, 0.15) is 92.2 Å². The predicted octanol–water partition coefficient (Wildman–Crippen LogP) is 6.44. The van der Waals surface area contributed by atoms with E-state index in [0.717, 1.165) is 36.8 Å². The van der Waals surface area contributed by atoms with Gasteiger partial charge in [0, 0.05) is 62.2 Å². The van der Waals surface area contributed by atoms with Crippen molar-refractivity contribution < 1.29 is 37.1 Å². The van der Waals surface area contributed by atoms with Gasteiger partial charge in [-0.3, -0.25) is 9.98 Å². The molecule has 0 bridgehead atoms. The van der Waals surface area contributed by atoms with Crippen molar-refractivity contribution in [2.75, 3.05) is 0 Å². The van der Waals surface area contributed by atoms with Gasteiger partial charge >= 0.3 is 0 Å². The van der Waals surface area contributed by atoms with Crippen LogP contribution in [-0.2, 0) is 16.5 Å². The normalized spacial score (nSPS) is 22.7. The van der Waals surface area contributed by atoms with Crippen LogP contribution >= 0.6 is 0 Å². The van der Waals surface area contributed by atoms with Gasteiger partial charge in [0.2, 0.25) is 0 Å². The van der Waals surface area contributed by atoms with Gasteiger partial charge in [0.25, 0.3) is 0 Å². The number of aliphatic imine (C=N–C) groups is 2. The molecular formula is C32H48N4NiO4. The molecule has 230 valence electrons. The number of aromatic hydroxyl groups is 2. The van der Waals surface area contributed by atoms with Crippen LogP contribution < -0.4 is 0 Å². The molecule has 0 amide bonds. The Labute approximate surface area is 255 Å². The largest absolute Gasteiger partial charge is 0.507 e. The molecule has 9 heteroatoms. The minimum atomic E-state index is -0.303. The Balaban J connectivity index is 0.000000280. The van der Waals surface area contributed by atoms with Gasteiger partial charge in [-0.1, -0.05) is 24.3 Å². The first kappa shape index (κ1) is 34.9. The van der Waals surface area contributed by atoms with Crippen LogP contribution in [0.4, 0.5) is 0 Å². The fourth-order valence-corrected chi connectivity index (χ4v) is 6.21. The van der Waals surface area contributed by atoms with Crippen LogP contribution in [0.3, 0.4) is 0 Å². The van der Waals surface area contributed by atoms with Crippen molar-refractivity contribution in [2.45, 2.75) is 115 Å². The summed E-state index contributed by atoms with van der Waals surface area (Å²) >= 11 is 0.